The van der Waals surface area contributed by atoms with Crippen LogP contribution in [0.5, 0.6) is 0 Å². The summed E-state index contributed by atoms with van der Waals surface area (Å²) in [6.07, 6.45) is 0.178. The van der Waals surface area contributed by atoms with Crippen LogP contribution < -0.4 is 10.9 Å². The van der Waals surface area contributed by atoms with E-state index in [9.17, 15) is 14.7 Å². The van der Waals surface area contributed by atoms with Crippen molar-refractivity contribution < 1.29 is 9.90 Å². The van der Waals surface area contributed by atoms with Crippen LogP contribution in [0.2, 0.25) is 5.02 Å². The van der Waals surface area contributed by atoms with Crippen molar-refractivity contribution in [2.45, 2.75) is 33.7 Å². The second kappa shape index (κ2) is 9.24. The molecule has 0 bridgehead atoms. The van der Waals surface area contributed by atoms with Gasteiger partial charge in [-0.25, -0.2) is 4.98 Å². The molecule has 0 aliphatic rings. The first-order valence-electron chi connectivity index (χ1n) is 9.64. The fraction of sp³-hybridized carbons (Fsp3) is 0.261. The molecule has 6 nitrogen and oxygen atoms in total. The molecule has 0 unspecified atom stereocenters. The Labute approximate surface area is 180 Å². The number of nitrogens with one attached hydrogen (secondary N) is 1. The van der Waals surface area contributed by atoms with E-state index in [2.05, 4.69) is 10.3 Å². The van der Waals surface area contributed by atoms with E-state index in [0.717, 1.165) is 11.1 Å². The lowest BCUT2D eigenvalue weighted by Crippen LogP contribution is -2.33. The molecule has 1 amide bonds. The molecule has 0 radical (unpaired) electrons. The number of aliphatic hydroxyl groups excluding tert-OH is 1. The number of carbonyl (C=O) groups excluding carboxylic acids is 1. The second-order valence-electron chi connectivity index (χ2n) is 7.24. The molecule has 2 aromatic carbocycles. The Morgan fingerprint density at radius 1 is 1.13 bits per heavy atom. The number of rotatable bonds is 6. The normalized spacial score (nSPS) is 10.8. The minimum Gasteiger partial charge on any atom is -0.396 e. The van der Waals surface area contributed by atoms with E-state index in [4.69, 9.17) is 11.6 Å². The zero-order valence-corrected chi connectivity index (χ0v) is 18.0. The van der Waals surface area contributed by atoms with Gasteiger partial charge in [0, 0.05) is 40.6 Å². The fourth-order valence-electron chi connectivity index (χ4n) is 3.35. The van der Waals surface area contributed by atoms with Crippen molar-refractivity contribution in [3.8, 4) is 11.4 Å². The Bertz CT molecular complexity index is 1140. The quantitative estimate of drug-likeness (QED) is 0.631. The predicted octanol–water partition coefficient (Wildman–Crippen LogP) is 3.66. The lowest BCUT2D eigenvalue weighted by molar-refractivity contribution is -0.116. The van der Waals surface area contributed by atoms with E-state index in [0.29, 0.717) is 33.4 Å². The minimum atomic E-state index is -0.336. The van der Waals surface area contributed by atoms with Gasteiger partial charge in [-0.3, -0.25) is 14.2 Å². The summed E-state index contributed by atoms with van der Waals surface area (Å²) in [6.45, 7) is 5.26. The number of hydrogen-bond donors (Lipinski definition) is 2. The first-order valence-corrected chi connectivity index (χ1v) is 10.0. The van der Waals surface area contributed by atoms with Gasteiger partial charge < -0.3 is 10.4 Å². The molecular formula is C23H24ClN3O3. The molecule has 7 heteroatoms. The first kappa shape index (κ1) is 21.7. The zero-order chi connectivity index (χ0) is 21.8. The largest absolute Gasteiger partial charge is 0.396 e. The summed E-state index contributed by atoms with van der Waals surface area (Å²) in [4.78, 5) is 30.5. The van der Waals surface area contributed by atoms with Crippen molar-refractivity contribution in [3.05, 3.63) is 80.2 Å². The molecule has 0 aliphatic heterocycles. The standard InChI is InChI=1S/C23H24ClN3O3/c1-14-4-9-20(15(2)12-14)26-21(29)13-27-22(17-5-7-18(24)8-6-17)25-16(3)19(10-11-28)23(27)30/h4-9,12,28H,10-11,13H2,1-3H3,(H,26,29). The third-order valence-corrected chi connectivity index (χ3v) is 5.14. The van der Waals surface area contributed by atoms with Gasteiger partial charge in [-0.05, 0) is 56.7 Å². The molecule has 0 fully saturated rings. The molecule has 1 heterocycles. The van der Waals surface area contributed by atoms with E-state index < -0.39 is 0 Å². The summed E-state index contributed by atoms with van der Waals surface area (Å²) in [5.74, 6) is 0.0477. The van der Waals surface area contributed by atoms with Crippen molar-refractivity contribution in [1.29, 1.82) is 0 Å². The Balaban J connectivity index is 2.02. The Hall–Kier alpha value is -2.96. The van der Waals surface area contributed by atoms with Crippen LogP contribution in [0.4, 0.5) is 5.69 Å². The van der Waals surface area contributed by atoms with Crippen molar-refractivity contribution in [2.75, 3.05) is 11.9 Å². The number of aromatic nitrogens is 2. The average Bonchev–Trinajstić information content (AvgIpc) is 2.70. The highest BCUT2D eigenvalue weighted by atomic mass is 35.5. The van der Waals surface area contributed by atoms with E-state index in [1.165, 1.54) is 4.57 Å². The van der Waals surface area contributed by atoms with E-state index in [-0.39, 0.29) is 31.0 Å². The van der Waals surface area contributed by atoms with Crippen LogP contribution in [0.25, 0.3) is 11.4 Å². The van der Waals surface area contributed by atoms with Gasteiger partial charge in [0.1, 0.15) is 12.4 Å². The van der Waals surface area contributed by atoms with Gasteiger partial charge in [0.2, 0.25) is 5.91 Å². The molecule has 0 aliphatic carbocycles. The van der Waals surface area contributed by atoms with Gasteiger partial charge in [-0.15, -0.1) is 0 Å². The summed E-state index contributed by atoms with van der Waals surface area (Å²) in [7, 11) is 0. The summed E-state index contributed by atoms with van der Waals surface area (Å²) >= 11 is 5.99. The van der Waals surface area contributed by atoms with Crippen molar-refractivity contribution in [2.24, 2.45) is 0 Å². The Morgan fingerprint density at radius 2 is 1.83 bits per heavy atom. The van der Waals surface area contributed by atoms with Crippen LogP contribution in [-0.4, -0.2) is 27.2 Å². The number of hydrogen-bond acceptors (Lipinski definition) is 4. The van der Waals surface area contributed by atoms with Crippen LogP contribution in [0.1, 0.15) is 22.4 Å². The van der Waals surface area contributed by atoms with Crippen LogP contribution in [0.15, 0.2) is 47.3 Å². The summed E-state index contributed by atoms with van der Waals surface area (Å²) in [6, 6.07) is 12.7. The third kappa shape index (κ3) is 4.78. The molecule has 1 aromatic heterocycles. The number of amides is 1. The number of aliphatic hydroxyl groups is 1. The smallest absolute Gasteiger partial charge is 0.257 e. The minimum absolute atomic E-state index is 0.174. The number of anilines is 1. The summed E-state index contributed by atoms with van der Waals surface area (Å²) < 4.78 is 1.35. The van der Waals surface area contributed by atoms with Gasteiger partial charge in [0.25, 0.3) is 5.56 Å². The Kier molecular flexibility index (Phi) is 6.70. The lowest BCUT2D eigenvalue weighted by atomic mass is 10.1. The molecule has 156 valence electrons. The van der Waals surface area contributed by atoms with Gasteiger partial charge in [-0.2, -0.15) is 0 Å². The molecule has 2 N–H and O–H groups in total. The second-order valence-corrected chi connectivity index (χ2v) is 7.67. The predicted molar refractivity (Wildman–Crippen MR) is 119 cm³/mol. The number of halogens is 1. The highest BCUT2D eigenvalue weighted by Crippen LogP contribution is 2.21. The molecule has 0 saturated heterocycles. The molecular weight excluding hydrogens is 402 g/mol. The average molecular weight is 426 g/mol. The number of nitrogens with zero attached hydrogens (tertiary/aromatic N) is 2. The van der Waals surface area contributed by atoms with Gasteiger partial charge >= 0.3 is 0 Å². The first-order chi connectivity index (χ1) is 14.3. The molecule has 30 heavy (non-hydrogen) atoms. The van der Waals surface area contributed by atoms with Gasteiger partial charge in [0.15, 0.2) is 0 Å². The molecule has 0 atom stereocenters. The third-order valence-electron chi connectivity index (χ3n) is 4.89. The summed E-state index contributed by atoms with van der Waals surface area (Å²) in [5.41, 5.74) is 4.01. The molecule has 0 spiro atoms. The number of benzene rings is 2. The maximum atomic E-state index is 13.1. The highest BCUT2D eigenvalue weighted by molar-refractivity contribution is 6.30. The number of carbonyl (C=O) groups is 1. The monoisotopic (exact) mass is 425 g/mol. The van der Waals surface area contributed by atoms with Crippen molar-refractivity contribution >= 4 is 23.2 Å². The van der Waals surface area contributed by atoms with Gasteiger partial charge in [0.05, 0.1) is 0 Å². The Morgan fingerprint density at radius 3 is 2.47 bits per heavy atom. The maximum absolute atomic E-state index is 13.1. The highest BCUT2D eigenvalue weighted by Gasteiger charge is 2.18. The SMILES string of the molecule is Cc1ccc(NC(=O)Cn2c(-c3ccc(Cl)cc3)nc(C)c(CCO)c2=O)c(C)c1. The van der Waals surface area contributed by atoms with E-state index in [1.807, 2.05) is 32.0 Å². The van der Waals surface area contributed by atoms with Crippen molar-refractivity contribution in [1.82, 2.24) is 9.55 Å². The molecule has 3 rings (SSSR count). The van der Waals surface area contributed by atoms with Crippen LogP contribution >= 0.6 is 11.6 Å². The van der Waals surface area contributed by atoms with Gasteiger partial charge in [-0.1, -0.05) is 29.3 Å². The van der Waals surface area contributed by atoms with E-state index >= 15 is 0 Å². The summed E-state index contributed by atoms with van der Waals surface area (Å²) in [5, 5.41) is 12.8. The number of aryl methyl sites for hydroxylation is 3. The molecule has 3 aromatic rings. The topological polar surface area (TPSA) is 84.2 Å². The van der Waals surface area contributed by atoms with Crippen molar-refractivity contribution in [3.63, 3.8) is 0 Å². The maximum Gasteiger partial charge on any atom is 0.257 e. The van der Waals surface area contributed by atoms with Crippen LogP contribution in [0, 0.1) is 20.8 Å². The van der Waals surface area contributed by atoms with E-state index in [1.54, 1.807) is 31.2 Å². The van der Waals surface area contributed by atoms with Crippen LogP contribution in [-0.2, 0) is 17.8 Å². The molecule has 0 saturated carbocycles. The lowest BCUT2D eigenvalue weighted by Gasteiger charge is -2.16. The van der Waals surface area contributed by atoms with Crippen LogP contribution in [0.3, 0.4) is 0 Å². The zero-order valence-electron chi connectivity index (χ0n) is 17.2. The fourth-order valence-corrected chi connectivity index (χ4v) is 3.48.